The molecule has 0 bridgehead atoms. The zero-order chi connectivity index (χ0) is 31.9. The third-order valence-electron chi connectivity index (χ3n) is 8.21. The Morgan fingerprint density at radius 2 is 0.891 bits per heavy atom. The number of carbonyl (C=O) groups excluding carboxylic acids is 2. The SMILES string of the molecule is O=C(C1=CN(Cc2ccccc2)CN(CCN2CC(C(=O)c3ccc(Cl)cc3)=CN(Cc3ccccc3)C2)C1)c1ccc(Cl)cc1. The molecule has 4 aromatic carbocycles. The first kappa shape index (κ1) is 31.8. The lowest BCUT2D eigenvalue weighted by Crippen LogP contribution is -2.48. The fraction of sp³-hybridized carbons (Fsp3) is 0.211. The normalized spacial score (nSPS) is 15.8. The van der Waals surface area contributed by atoms with E-state index in [-0.39, 0.29) is 11.6 Å². The van der Waals surface area contributed by atoms with Crippen molar-refractivity contribution >= 4 is 34.8 Å². The van der Waals surface area contributed by atoms with Gasteiger partial charge < -0.3 is 9.80 Å². The molecule has 0 aliphatic carbocycles. The molecule has 0 radical (unpaired) electrons. The Hall–Kier alpha value is -4.20. The van der Waals surface area contributed by atoms with Crippen LogP contribution in [0, 0.1) is 0 Å². The van der Waals surface area contributed by atoms with Gasteiger partial charge in [0.05, 0.1) is 13.3 Å². The van der Waals surface area contributed by atoms with E-state index < -0.39 is 0 Å². The van der Waals surface area contributed by atoms with Gasteiger partial charge in [0.15, 0.2) is 11.6 Å². The maximum Gasteiger partial charge on any atom is 0.191 e. The predicted molar refractivity (Wildman–Crippen MR) is 185 cm³/mol. The Morgan fingerprint density at radius 1 is 0.522 bits per heavy atom. The van der Waals surface area contributed by atoms with Crippen molar-refractivity contribution in [3.05, 3.63) is 165 Å². The highest BCUT2D eigenvalue weighted by molar-refractivity contribution is 6.31. The number of carbonyl (C=O) groups is 2. The minimum absolute atomic E-state index is 0.00483. The largest absolute Gasteiger partial charge is 0.360 e. The molecule has 6 nitrogen and oxygen atoms in total. The van der Waals surface area contributed by atoms with Crippen molar-refractivity contribution in [2.24, 2.45) is 0 Å². The van der Waals surface area contributed by atoms with Crippen LogP contribution in [0.2, 0.25) is 10.0 Å². The summed E-state index contributed by atoms with van der Waals surface area (Å²) in [7, 11) is 0. The van der Waals surface area contributed by atoms with E-state index in [1.807, 2.05) is 48.8 Å². The molecule has 4 aromatic rings. The van der Waals surface area contributed by atoms with Gasteiger partial charge in [-0.05, 0) is 59.7 Å². The Kier molecular flexibility index (Phi) is 10.3. The first-order valence-electron chi connectivity index (χ1n) is 15.4. The number of hydrogen-bond donors (Lipinski definition) is 0. The third-order valence-corrected chi connectivity index (χ3v) is 8.72. The van der Waals surface area contributed by atoms with Gasteiger partial charge >= 0.3 is 0 Å². The van der Waals surface area contributed by atoms with Crippen molar-refractivity contribution in [2.75, 3.05) is 39.5 Å². The molecule has 0 aromatic heterocycles. The molecule has 0 amide bonds. The van der Waals surface area contributed by atoms with Crippen LogP contribution in [0.15, 0.2) is 133 Å². The minimum Gasteiger partial charge on any atom is -0.360 e. The lowest BCUT2D eigenvalue weighted by molar-refractivity contribution is 0.0894. The Bertz CT molecular complexity index is 1580. The monoisotopic (exact) mass is 650 g/mol. The van der Waals surface area contributed by atoms with Gasteiger partial charge in [-0.3, -0.25) is 19.4 Å². The quantitative estimate of drug-likeness (QED) is 0.158. The van der Waals surface area contributed by atoms with E-state index in [2.05, 4.69) is 43.9 Å². The smallest absolute Gasteiger partial charge is 0.191 e. The van der Waals surface area contributed by atoms with E-state index in [1.165, 1.54) is 11.1 Å². The van der Waals surface area contributed by atoms with Crippen molar-refractivity contribution in [3.8, 4) is 0 Å². The highest BCUT2D eigenvalue weighted by atomic mass is 35.5. The van der Waals surface area contributed by atoms with Gasteiger partial charge in [-0.2, -0.15) is 0 Å². The van der Waals surface area contributed by atoms with E-state index in [1.54, 1.807) is 48.5 Å². The number of nitrogens with zero attached hydrogens (tertiary/aromatic N) is 4. The summed E-state index contributed by atoms with van der Waals surface area (Å²) >= 11 is 12.2. The number of benzene rings is 4. The molecule has 6 rings (SSSR count). The summed E-state index contributed by atoms with van der Waals surface area (Å²) in [5.74, 6) is 0.00966. The van der Waals surface area contributed by atoms with E-state index in [9.17, 15) is 9.59 Å². The van der Waals surface area contributed by atoms with Crippen molar-refractivity contribution in [1.29, 1.82) is 0 Å². The Balaban J connectivity index is 1.18. The van der Waals surface area contributed by atoms with E-state index in [4.69, 9.17) is 23.2 Å². The minimum atomic E-state index is 0.00483. The summed E-state index contributed by atoms with van der Waals surface area (Å²) in [5, 5.41) is 1.21. The second-order valence-corrected chi connectivity index (χ2v) is 12.7. The molecule has 0 atom stereocenters. The highest BCUT2D eigenvalue weighted by Crippen LogP contribution is 2.22. The molecule has 234 valence electrons. The molecule has 0 saturated heterocycles. The van der Waals surface area contributed by atoms with Gasteiger partial charge in [0.2, 0.25) is 0 Å². The van der Waals surface area contributed by atoms with Crippen LogP contribution in [0.1, 0.15) is 31.8 Å². The standard InChI is InChI=1S/C38H36Cl2N4O2/c39-35-15-11-31(12-16-35)37(45)33-23-41(27-43(25-33)21-29-7-3-1-4-8-29)19-20-42-24-34(38(46)32-13-17-36(40)18-14-32)26-44(28-42)22-30-9-5-2-6-10-30/h1-18,25-26H,19-24,27-28H2. The molecule has 2 heterocycles. The number of rotatable bonds is 11. The summed E-state index contributed by atoms with van der Waals surface area (Å²) < 4.78 is 0. The van der Waals surface area contributed by atoms with Crippen LogP contribution in [0.25, 0.3) is 0 Å². The Morgan fingerprint density at radius 3 is 1.26 bits per heavy atom. The van der Waals surface area contributed by atoms with Gasteiger partial charge in [0.1, 0.15) is 0 Å². The average molecular weight is 652 g/mol. The zero-order valence-electron chi connectivity index (χ0n) is 25.6. The van der Waals surface area contributed by atoms with Gasteiger partial charge in [0.25, 0.3) is 0 Å². The highest BCUT2D eigenvalue weighted by Gasteiger charge is 2.27. The molecular formula is C38H36Cl2N4O2. The Labute approximate surface area is 280 Å². The lowest BCUT2D eigenvalue weighted by atomic mass is 10.0. The lowest BCUT2D eigenvalue weighted by Gasteiger charge is -2.39. The summed E-state index contributed by atoms with van der Waals surface area (Å²) in [6, 6.07) is 34.7. The average Bonchev–Trinajstić information content (AvgIpc) is 3.08. The van der Waals surface area contributed by atoms with Gasteiger partial charge in [-0.1, -0.05) is 83.9 Å². The van der Waals surface area contributed by atoms with Crippen LogP contribution in [-0.2, 0) is 13.1 Å². The first-order valence-corrected chi connectivity index (χ1v) is 16.2. The maximum atomic E-state index is 13.6. The van der Waals surface area contributed by atoms with E-state index in [0.29, 0.717) is 60.7 Å². The number of hydrogen-bond acceptors (Lipinski definition) is 6. The number of ketones is 2. The van der Waals surface area contributed by atoms with Crippen LogP contribution in [0.4, 0.5) is 0 Å². The molecular weight excluding hydrogens is 615 g/mol. The second-order valence-electron chi connectivity index (χ2n) is 11.8. The van der Waals surface area contributed by atoms with Crippen molar-refractivity contribution < 1.29 is 9.59 Å². The topological polar surface area (TPSA) is 47.1 Å². The van der Waals surface area contributed by atoms with Crippen molar-refractivity contribution in [2.45, 2.75) is 13.1 Å². The summed E-state index contributed by atoms with van der Waals surface area (Å²) in [5.41, 5.74) is 5.10. The molecule has 8 heteroatoms. The summed E-state index contributed by atoms with van der Waals surface area (Å²) in [6.07, 6.45) is 4.02. The fourth-order valence-corrected chi connectivity index (χ4v) is 6.20. The van der Waals surface area contributed by atoms with Crippen molar-refractivity contribution in [3.63, 3.8) is 0 Å². The zero-order valence-corrected chi connectivity index (χ0v) is 27.1. The van der Waals surface area contributed by atoms with Crippen LogP contribution in [-0.4, -0.2) is 70.7 Å². The van der Waals surface area contributed by atoms with Gasteiger partial charge in [-0.25, -0.2) is 0 Å². The maximum absolute atomic E-state index is 13.6. The molecule has 0 spiro atoms. The van der Waals surface area contributed by atoms with Crippen molar-refractivity contribution in [1.82, 2.24) is 19.6 Å². The summed E-state index contributed by atoms with van der Waals surface area (Å²) in [4.78, 5) is 36.3. The third kappa shape index (κ3) is 8.33. The molecule has 2 aliphatic heterocycles. The van der Waals surface area contributed by atoms with Crippen LogP contribution < -0.4 is 0 Å². The molecule has 2 aliphatic rings. The molecule has 0 unspecified atom stereocenters. The molecule has 0 saturated carbocycles. The first-order chi connectivity index (χ1) is 22.4. The summed E-state index contributed by atoms with van der Waals surface area (Å²) in [6.45, 7) is 5.34. The van der Waals surface area contributed by atoms with Crippen LogP contribution >= 0.6 is 23.2 Å². The van der Waals surface area contributed by atoms with E-state index >= 15 is 0 Å². The molecule has 0 fully saturated rings. The van der Waals surface area contributed by atoms with Gasteiger partial charge in [-0.15, -0.1) is 0 Å². The fourth-order valence-electron chi connectivity index (χ4n) is 5.94. The molecule has 46 heavy (non-hydrogen) atoms. The predicted octanol–water partition coefficient (Wildman–Crippen LogP) is 7.38. The van der Waals surface area contributed by atoms with Gasteiger partial charge in [0, 0.05) is 84.0 Å². The second kappa shape index (κ2) is 14.9. The number of Topliss-reactive ketones (excluding diaryl/α,β-unsaturated/α-hetero) is 2. The van der Waals surface area contributed by atoms with E-state index in [0.717, 1.165) is 24.2 Å². The molecule has 0 N–H and O–H groups in total. The van der Waals surface area contributed by atoms with Crippen LogP contribution in [0.5, 0.6) is 0 Å². The van der Waals surface area contributed by atoms with Crippen LogP contribution in [0.3, 0.4) is 0 Å². The number of halogens is 2.